The van der Waals surface area contributed by atoms with E-state index in [0.29, 0.717) is 29.3 Å². The number of hydrogen-bond donors (Lipinski definition) is 1. The Hall–Kier alpha value is -3.74. The lowest BCUT2D eigenvalue weighted by Gasteiger charge is -2.21. The minimum atomic E-state index is -0.398. The molecule has 1 N–H and O–H groups in total. The monoisotopic (exact) mass is 390 g/mol. The molecule has 0 bridgehead atoms. The van der Waals surface area contributed by atoms with Crippen molar-refractivity contribution < 1.29 is 14.3 Å². The van der Waals surface area contributed by atoms with Crippen molar-refractivity contribution in [1.82, 2.24) is 9.97 Å². The van der Waals surface area contributed by atoms with Gasteiger partial charge in [0.15, 0.2) is 0 Å². The Morgan fingerprint density at radius 2 is 1.72 bits per heavy atom. The molecule has 0 spiro atoms. The summed E-state index contributed by atoms with van der Waals surface area (Å²) in [5.74, 6) is -0.206. The highest BCUT2D eigenvalue weighted by molar-refractivity contribution is 6.05. The van der Waals surface area contributed by atoms with E-state index in [2.05, 4.69) is 20.0 Å². The van der Waals surface area contributed by atoms with Gasteiger partial charge in [0.25, 0.3) is 5.91 Å². The van der Waals surface area contributed by atoms with Crippen molar-refractivity contribution in [3.8, 4) is 0 Å². The number of methoxy groups -OCH3 is 1. The zero-order chi connectivity index (χ0) is 20.8. The van der Waals surface area contributed by atoms with Gasteiger partial charge in [-0.05, 0) is 55.8 Å². The predicted octanol–water partition coefficient (Wildman–Crippen LogP) is 3.98. The second-order valence-corrected chi connectivity index (χ2v) is 6.38. The zero-order valence-electron chi connectivity index (χ0n) is 16.5. The number of benzene rings is 2. The van der Waals surface area contributed by atoms with E-state index in [0.717, 1.165) is 11.3 Å². The molecule has 0 atom stereocenters. The summed E-state index contributed by atoms with van der Waals surface area (Å²) in [6.07, 6.45) is 3.00. The summed E-state index contributed by atoms with van der Waals surface area (Å²) >= 11 is 0. The molecule has 3 aromatic rings. The Kier molecular flexibility index (Phi) is 6.19. The van der Waals surface area contributed by atoms with E-state index in [1.54, 1.807) is 29.2 Å². The Morgan fingerprint density at radius 3 is 2.31 bits per heavy atom. The van der Waals surface area contributed by atoms with Crippen LogP contribution in [-0.4, -0.2) is 35.5 Å². The molecule has 1 amide bonds. The van der Waals surface area contributed by atoms with Crippen LogP contribution in [0.5, 0.6) is 0 Å². The minimum Gasteiger partial charge on any atom is -0.465 e. The van der Waals surface area contributed by atoms with E-state index in [1.807, 2.05) is 38.1 Å². The van der Waals surface area contributed by atoms with Gasteiger partial charge in [-0.25, -0.2) is 14.8 Å². The topological polar surface area (TPSA) is 84.4 Å². The standard InChI is InChI=1S/C22H22N4O3/c1-4-26(19-7-5-6-15(2)12-19)20(27)17-13-23-22(24-14-17)25-18-10-8-16(9-11-18)21(28)29-3/h5-14H,4H2,1-3H3,(H,23,24,25). The average Bonchev–Trinajstić information content (AvgIpc) is 2.75. The second kappa shape index (κ2) is 8.97. The third kappa shape index (κ3) is 4.76. The largest absolute Gasteiger partial charge is 0.465 e. The van der Waals surface area contributed by atoms with E-state index < -0.39 is 5.97 Å². The third-order valence-corrected chi connectivity index (χ3v) is 4.34. The van der Waals surface area contributed by atoms with Crippen LogP contribution in [-0.2, 0) is 4.74 Å². The fourth-order valence-corrected chi connectivity index (χ4v) is 2.83. The molecule has 148 valence electrons. The summed E-state index contributed by atoms with van der Waals surface area (Å²) < 4.78 is 4.68. The van der Waals surface area contributed by atoms with Gasteiger partial charge in [-0.15, -0.1) is 0 Å². The quantitative estimate of drug-likeness (QED) is 0.641. The maximum absolute atomic E-state index is 12.9. The second-order valence-electron chi connectivity index (χ2n) is 6.38. The van der Waals surface area contributed by atoms with Crippen LogP contribution in [0.15, 0.2) is 60.9 Å². The summed E-state index contributed by atoms with van der Waals surface area (Å²) in [5.41, 5.74) is 3.50. The number of aryl methyl sites for hydroxylation is 1. The van der Waals surface area contributed by atoms with Crippen LogP contribution in [0.3, 0.4) is 0 Å². The van der Waals surface area contributed by atoms with Gasteiger partial charge >= 0.3 is 5.97 Å². The lowest BCUT2D eigenvalue weighted by Crippen LogP contribution is -2.30. The molecule has 7 heteroatoms. The van der Waals surface area contributed by atoms with Crippen molar-refractivity contribution >= 4 is 29.2 Å². The van der Waals surface area contributed by atoms with Gasteiger partial charge in [-0.1, -0.05) is 12.1 Å². The minimum absolute atomic E-state index is 0.160. The van der Waals surface area contributed by atoms with Crippen molar-refractivity contribution in [3.05, 3.63) is 77.6 Å². The van der Waals surface area contributed by atoms with Crippen LogP contribution in [0, 0.1) is 6.92 Å². The Labute approximate surface area is 169 Å². The van der Waals surface area contributed by atoms with E-state index >= 15 is 0 Å². The van der Waals surface area contributed by atoms with Crippen molar-refractivity contribution in [1.29, 1.82) is 0 Å². The predicted molar refractivity (Wildman–Crippen MR) is 112 cm³/mol. The molecule has 1 aromatic heterocycles. The van der Waals surface area contributed by atoms with Gasteiger partial charge in [0.05, 0.1) is 18.2 Å². The molecule has 0 fully saturated rings. The zero-order valence-corrected chi connectivity index (χ0v) is 16.5. The summed E-state index contributed by atoms with van der Waals surface area (Å²) in [4.78, 5) is 34.5. The van der Waals surface area contributed by atoms with Crippen LogP contribution in [0.4, 0.5) is 17.3 Å². The Balaban J connectivity index is 1.72. The first-order valence-corrected chi connectivity index (χ1v) is 9.17. The maximum atomic E-state index is 12.9. The summed E-state index contributed by atoms with van der Waals surface area (Å²) in [7, 11) is 1.34. The molecule has 7 nitrogen and oxygen atoms in total. The molecule has 0 saturated heterocycles. The van der Waals surface area contributed by atoms with Crippen LogP contribution in [0.25, 0.3) is 0 Å². The van der Waals surface area contributed by atoms with Crippen molar-refractivity contribution in [3.63, 3.8) is 0 Å². The van der Waals surface area contributed by atoms with Gasteiger partial charge in [-0.3, -0.25) is 4.79 Å². The number of rotatable bonds is 6. The van der Waals surface area contributed by atoms with Gasteiger partial charge in [0.2, 0.25) is 5.95 Å². The number of anilines is 3. The van der Waals surface area contributed by atoms with Crippen molar-refractivity contribution in [2.75, 3.05) is 23.9 Å². The molecule has 0 saturated carbocycles. The van der Waals surface area contributed by atoms with Crippen LogP contribution in [0.1, 0.15) is 33.2 Å². The molecule has 0 radical (unpaired) electrons. The SMILES string of the molecule is CCN(C(=O)c1cnc(Nc2ccc(C(=O)OC)cc2)nc1)c1cccc(C)c1. The number of hydrogen-bond acceptors (Lipinski definition) is 6. The Bertz CT molecular complexity index is 1000. The lowest BCUT2D eigenvalue weighted by molar-refractivity contribution is 0.0600. The summed E-state index contributed by atoms with van der Waals surface area (Å²) in [6.45, 7) is 4.45. The molecular formula is C22H22N4O3. The summed E-state index contributed by atoms with van der Waals surface area (Å²) in [5, 5.41) is 3.04. The number of ether oxygens (including phenoxy) is 1. The number of nitrogens with one attached hydrogen (secondary N) is 1. The number of amides is 1. The molecule has 0 unspecified atom stereocenters. The van der Waals surface area contributed by atoms with Gasteiger partial charge < -0.3 is 15.0 Å². The van der Waals surface area contributed by atoms with Gasteiger partial charge in [-0.2, -0.15) is 0 Å². The van der Waals surface area contributed by atoms with Gasteiger partial charge in [0, 0.05) is 30.3 Å². The van der Waals surface area contributed by atoms with Crippen molar-refractivity contribution in [2.45, 2.75) is 13.8 Å². The maximum Gasteiger partial charge on any atom is 0.337 e. The average molecular weight is 390 g/mol. The van der Waals surface area contributed by atoms with Crippen LogP contribution >= 0.6 is 0 Å². The van der Waals surface area contributed by atoms with E-state index in [1.165, 1.54) is 19.5 Å². The molecule has 0 aliphatic carbocycles. The molecule has 1 heterocycles. The first kappa shape index (κ1) is 20.0. The highest BCUT2D eigenvalue weighted by Gasteiger charge is 2.17. The number of carbonyl (C=O) groups excluding carboxylic acids is 2. The van der Waals surface area contributed by atoms with E-state index in [9.17, 15) is 9.59 Å². The highest BCUT2D eigenvalue weighted by atomic mass is 16.5. The van der Waals surface area contributed by atoms with Crippen molar-refractivity contribution in [2.24, 2.45) is 0 Å². The number of esters is 1. The molecule has 0 aliphatic rings. The number of nitrogens with zero attached hydrogens (tertiary/aromatic N) is 3. The van der Waals surface area contributed by atoms with E-state index in [-0.39, 0.29) is 5.91 Å². The first-order chi connectivity index (χ1) is 14.0. The fraction of sp³-hybridized carbons (Fsp3) is 0.182. The number of aromatic nitrogens is 2. The molecule has 0 aliphatic heterocycles. The Morgan fingerprint density at radius 1 is 1.03 bits per heavy atom. The summed E-state index contributed by atoms with van der Waals surface area (Å²) in [6, 6.07) is 14.5. The van der Waals surface area contributed by atoms with Gasteiger partial charge in [0.1, 0.15) is 0 Å². The smallest absolute Gasteiger partial charge is 0.337 e. The molecular weight excluding hydrogens is 368 g/mol. The van der Waals surface area contributed by atoms with E-state index in [4.69, 9.17) is 0 Å². The molecule has 2 aromatic carbocycles. The molecule has 29 heavy (non-hydrogen) atoms. The van der Waals surface area contributed by atoms with Crippen LogP contribution < -0.4 is 10.2 Å². The normalized spacial score (nSPS) is 10.3. The first-order valence-electron chi connectivity index (χ1n) is 9.17. The fourth-order valence-electron chi connectivity index (χ4n) is 2.83. The van der Waals surface area contributed by atoms with Crippen LogP contribution in [0.2, 0.25) is 0 Å². The highest BCUT2D eigenvalue weighted by Crippen LogP contribution is 2.19. The third-order valence-electron chi connectivity index (χ3n) is 4.34. The molecule has 3 rings (SSSR count). The number of carbonyl (C=O) groups is 2. The lowest BCUT2D eigenvalue weighted by atomic mass is 10.2.